The summed E-state index contributed by atoms with van der Waals surface area (Å²) in [6.45, 7) is 21.2. The maximum Gasteiger partial charge on any atom is 0.333 e. The minimum Gasteiger partial charge on any atom is -0.508 e. The Kier molecular flexibility index (Phi) is 25.4. The molecule has 17 heterocycles. The van der Waals surface area contributed by atoms with Crippen molar-refractivity contribution in [3.8, 4) is 130 Å². The van der Waals surface area contributed by atoms with Crippen molar-refractivity contribution >= 4 is 17.3 Å². The lowest BCUT2D eigenvalue weighted by Crippen LogP contribution is -2.29. The van der Waals surface area contributed by atoms with Crippen molar-refractivity contribution in [1.82, 2.24) is 37.6 Å². The molecule has 5 unspecified atom stereocenters. The van der Waals surface area contributed by atoms with Crippen molar-refractivity contribution in [1.29, 1.82) is 0 Å². The molecule has 149 heavy (non-hydrogen) atoms. The number of alkyl halides is 2. The molecule has 5 atom stereocenters. The number of aliphatic hydroxyl groups excluding tert-OH is 1. The number of hydrogen-bond donors (Lipinski definition) is 1. The number of aromatic nitrogens is 8. The lowest BCUT2D eigenvalue weighted by molar-refractivity contribution is 0.0566. The number of ether oxygens (including phenoxy) is 7. The summed E-state index contributed by atoms with van der Waals surface area (Å²) in [5, 5.41) is 13.7. The summed E-state index contributed by atoms with van der Waals surface area (Å²) >= 11 is 0. The van der Waals surface area contributed by atoms with E-state index in [1.54, 1.807) is 42.9 Å². The highest BCUT2D eigenvalue weighted by Crippen LogP contribution is 2.58. The number of hydrogen-bond acceptors (Lipinski definition) is 18. The standard InChI is InChI=1S/C27H31NO4.C25H27NO4.C25H25NO2.C24H21F2N3O3.C22H22N2O3/c1-16(29)21-15-28-22(18-4-2-3-5-18)12-19-13-25(31-10-8-17-6-7-17)27-20(9-11-32-27)26(19)23(28)14-24(21)30;1-14(27)19-13-26-20(16-4-5-16)10-17-11-23(29-8-6-15-2-3-15)25-18(7-9-30-25)24(17)21(26)12-22(19)28;1-15(2)21-12-18-11-20(17-7-5-4-6-8-17)25-19(9-10-28-25)24(18)22-13-23(27)16(3)14-26(21)22;1-12(30)18-11-28-19(13-2-3-13)7-14-6-17(15-9-27-29(10-15)24(25)26)23-16(4-5-32-23)22(14)20(28)8-21(18)31;1-12(2)17-9-14-8-16(22-23-5-7-27-22)21-15(4-6-26-21)20(14)18-10-19(25)13(3)11-24(17)18/h13-15,17-18,22H,2-12H2,1H3;11-13,15-16,20H,2-10H2,1H3;4-8,11,13-15,21H,9-10,12H2,1-3H3;6,8-11,13,19,24,30H,1-5,7H2;5,7-8,10-12,17H,4,6,9H2,1-3H3. The Morgan fingerprint density at radius 3 is 1.19 bits per heavy atom. The summed E-state index contributed by atoms with van der Waals surface area (Å²) in [6, 6.07) is 31.3. The predicted molar refractivity (Wildman–Crippen MR) is 568 cm³/mol. The zero-order valence-corrected chi connectivity index (χ0v) is 85.9. The van der Waals surface area contributed by atoms with Gasteiger partial charge in [-0.2, -0.15) is 13.9 Å². The molecular weight excluding hydrogens is 1880 g/mol. The van der Waals surface area contributed by atoms with Gasteiger partial charge in [0.1, 0.15) is 29.3 Å². The fraction of sp³-hybridized carbons (Fsp3) is 0.423. The molecule has 5 saturated carbocycles. The van der Waals surface area contributed by atoms with Gasteiger partial charge in [-0.15, -0.1) is 0 Å². The first-order valence-corrected chi connectivity index (χ1v) is 54.0. The normalized spacial score (nSPS) is 19.3. The zero-order valence-electron chi connectivity index (χ0n) is 85.9. The molecule has 0 spiro atoms. The number of nitrogens with zero attached hydrogens (tertiary/aromatic N) is 8. The van der Waals surface area contributed by atoms with Gasteiger partial charge in [-0.25, -0.2) is 9.67 Å². The molecule has 0 bridgehead atoms. The van der Waals surface area contributed by atoms with Crippen LogP contribution in [0.2, 0.25) is 0 Å². The van der Waals surface area contributed by atoms with Gasteiger partial charge in [0, 0.05) is 213 Å². The Hall–Kier alpha value is -14.2. The zero-order chi connectivity index (χ0) is 102. The summed E-state index contributed by atoms with van der Waals surface area (Å²) in [5.74, 6) is 10.3. The van der Waals surface area contributed by atoms with Crippen LogP contribution in [0.25, 0.3) is 95.8 Å². The first-order chi connectivity index (χ1) is 72.2. The lowest BCUT2D eigenvalue weighted by atomic mass is 9.82. The third kappa shape index (κ3) is 18.1. The van der Waals surface area contributed by atoms with E-state index in [4.69, 9.17) is 37.6 Å². The highest BCUT2D eigenvalue weighted by molar-refractivity contribution is 5.96. The van der Waals surface area contributed by atoms with Gasteiger partial charge < -0.3 is 65.5 Å². The molecule has 24 nitrogen and oxygen atoms in total. The minimum absolute atomic E-state index is 0.0843. The highest BCUT2D eigenvalue weighted by atomic mass is 19.3. The number of aliphatic hydroxyl groups is 1. The highest BCUT2D eigenvalue weighted by Gasteiger charge is 2.45. The van der Waals surface area contributed by atoms with Crippen molar-refractivity contribution in [2.24, 2.45) is 41.4 Å². The molecule has 7 aromatic heterocycles. The first-order valence-electron chi connectivity index (χ1n) is 54.0. The maximum absolute atomic E-state index is 13.1. The van der Waals surface area contributed by atoms with E-state index in [1.807, 2.05) is 50.6 Å². The van der Waals surface area contributed by atoms with Gasteiger partial charge >= 0.3 is 6.55 Å². The van der Waals surface area contributed by atoms with Crippen LogP contribution in [0.5, 0.6) is 40.2 Å². The number of rotatable bonds is 20. The summed E-state index contributed by atoms with van der Waals surface area (Å²) in [4.78, 5) is 91.8. The van der Waals surface area contributed by atoms with Crippen molar-refractivity contribution < 1.29 is 61.1 Å². The van der Waals surface area contributed by atoms with Crippen LogP contribution in [0.1, 0.15) is 261 Å². The van der Waals surface area contributed by atoms with Gasteiger partial charge in [-0.3, -0.25) is 33.6 Å². The third-order valence-electron chi connectivity index (χ3n) is 33.9. The van der Waals surface area contributed by atoms with Crippen molar-refractivity contribution in [2.45, 2.75) is 246 Å². The van der Waals surface area contributed by atoms with Gasteiger partial charge in [0.05, 0.1) is 109 Å². The van der Waals surface area contributed by atoms with Gasteiger partial charge in [0.15, 0.2) is 61.7 Å². The quantitative estimate of drug-likeness (QED) is 0.0548. The summed E-state index contributed by atoms with van der Waals surface area (Å²) in [5.41, 5.74) is 28.9. The Morgan fingerprint density at radius 1 is 0.436 bits per heavy atom. The van der Waals surface area contributed by atoms with Crippen LogP contribution in [0.3, 0.4) is 0 Å². The molecule has 13 aromatic rings. The number of oxazole rings is 1. The van der Waals surface area contributed by atoms with Crippen LogP contribution < -0.4 is 60.3 Å². The number of Topliss-reactive ketones (excluding diaryl/α,β-unsaturated/α-hetero) is 2. The van der Waals surface area contributed by atoms with Crippen molar-refractivity contribution in [3.63, 3.8) is 0 Å². The van der Waals surface area contributed by atoms with E-state index in [2.05, 4.69) is 122 Å². The lowest BCUT2D eigenvalue weighted by Gasteiger charge is -2.35. The predicted octanol–water partition coefficient (Wildman–Crippen LogP) is 23.5. The van der Waals surface area contributed by atoms with Crippen LogP contribution in [-0.4, -0.2) is 101 Å². The molecule has 768 valence electrons. The molecule has 5 aliphatic carbocycles. The third-order valence-corrected chi connectivity index (χ3v) is 33.9. The molecular formula is C123H126F2N8O16. The number of carbonyl (C=O) groups is 2. The topological polar surface area (TPSA) is 273 Å². The smallest absolute Gasteiger partial charge is 0.333 e. The molecule has 10 aliphatic heterocycles. The fourth-order valence-corrected chi connectivity index (χ4v) is 25.7. The first kappa shape index (κ1) is 96.9. The number of ketones is 2. The molecule has 15 aliphatic rings. The number of carbonyl (C=O) groups excluding carboxylic acids is 2. The second kappa shape index (κ2) is 39.1. The SMILES string of the molecule is C=C(O)c1cn2c(cc1=O)-c1c(cc(-c3cnn(C(F)F)c3)c3c1CCO3)CC2C1CC1.CC(=O)c1cn2c(cc1=O)-c1c(cc(OCCC3CC3)c3c1CCO3)CC2C1CC1.CC(=O)c1cn2c(cc1=O)-c1c(cc(OCCC3CC3)c3c1CCO3)CC2C1CCCC1.Cc1cn2c(cc1=O)-c1c(cc(-c3ccccc3)c3c1CCO3)CC2C(C)C.Cc1cn2c(cc1=O)-c1c(cc(-c3ncco3)c3c1CCO3)CC2C(C)C. The second-order valence-electron chi connectivity index (χ2n) is 44.5. The molecule has 5 fully saturated rings. The van der Waals surface area contributed by atoms with Crippen LogP contribution in [0.4, 0.5) is 8.78 Å². The van der Waals surface area contributed by atoms with Gasteiger partial charge in [-0.1, -0.05) is 103 Å². The molecule has 0 amide bonds. The fourth-order valence-electron chi connectivity index (χ4n) is 25.7. The summed E-state index contributed by atoms with van der Waals surface area (Å²) in [6.07, 6.45) is 41.2. The maximum atomic E-state index is 13.1. The van der Waals surface area contributed by atoms with Gasteiger partial charge in [0.2, 0.25) is 5.89 Å². The molecule has 1 N–H and O–H groups in total. The average Bonchev–Trinajstić information content (AvgIpc) is 1.53. The van der Waals surface area contributed by atoms with Crippen LogP contribution >= 0.6 is 0 Å². The van der Waals surface area contributed by atoms with E-state index in [1.165, 1.54) is 141 Å². The monoisotopic (exact) mass is 2010 g/mol. The van der Waals surface area contributed by atoms with Crippen LogP contribution in [-0.2, 0) is 64.2 Å². The number of pyridine rings is 5. The Balaban J connectivity index is 0.0000000994. The van der Waals surface area contributed by atoms with E-state index >= 15 is 0 Å². The molecule has 0 saturated heterocycles. The van der Waals surface area contributed by atoms with Crippen LogP contribution in [0.15, 0.2) is 182 Å². The van der Waals surface area contributed by atoms with E-state index in [0.717, 1.165) is 238 Å². The average molecular weight is 2010 g/mol. The Morgan fingerprint density at radius 2 is 0.805 bits per heavy atom. The number of benzene rings is 6. The van der Waals surface area contributed by atoms with Crippen molar-refractivity contribution in [2.75, 3.05) is 46.2 Å². The van der Waals surface area contributed by atoms with E-state index in [-0.39, 0.29) is 62.1 Å². The molecule has 26 heteroatoms. The van der Waals surface area contributed by atoms with E-state index in [0.29, 0.717) is 120 Å². The summed E-state index contributed by atoms with van der Waals surface area (Å²) in [7, 11) is 0. The molecule has 0 radical (unpaired) electrons. The van der Waals surface area contributed by atoms with E-state index < -0.39 is 6.55 Å². The number of fused-ring (bicyclic) bond motifs is 25. The number of aryl methyl sites for hydroxylation is 2. The largest absolute Gasteiger partial charge is 0.508 e. The molecule has 28 rings (SSSR count). The molecule has 6 aromatic carbocycles. The Bertz CT molecular complexity index is 7950. The Labute approximate surface area is 863 Å². The second-order valence-corrected chi connectivity index (χ2v) is 44.5. The van der Waals surface area contributed by atoms with Crippen molar-refractivity contribution in [3.05, 3.63) is 288 Å². The van der Waals surface area contributed by atoms with E-state index in [9.17, 15) is 47.4 Å². The number of halogens is 2. The minimum atomic E-state index is -2.70. The summed E-state index contributed by atoms with van der Waals surface area (Å²) < 4.78 is 86.1. The van der Waals surface area contributed by atoms with Gasteiger partial charge in [-0.05, 0) is 216 Å². The van der Waals surface area contributed by atoms with Gasteiger partial charge in [0.25, 0.3) is 0 Å². The van der Waals surface area contributed by atoms with Crippen LogP contribution in [0, 0.1) is 55.3 Å².